The molecule has 1 saturated heterocycles. The van der Waals surface area contributed by atoms with Crippen molar-refractivity contribution in [3.63, 3.8) is 0 Å². The number of rotatable bonds is 5. The molecule has 1 fully saturated rings. The minimum atomic E-state index is -0.891. The van der Waals surface area contributed by atoms with E-state index < -0.39 is 11.7 Å². The van der Waals surface area contributed by atoms with Crippen LogP contribution in [-0.4, -0.2) is 35.1 Å². The summed E-state index contributed by atoms with van der Waals surface area (Å²) in [5, 5.41) is 20.2. The van der Waals surface area contributed by atoms with Crippen LogP contribution < -0.4 is 0 Å². The van der Waals surface area contributed by atoms with E-state index in [-0.39, 0.29) is 0 Å². The van der Waals surface area contributed by atoms with E-state index in [0.717, 1.165) is 26.1 Å². The monoisotopic (exact) mass is 216 g/mol. The second-order valence-corrected chi connectivity index (χ2v) is 4.62. The van der Waals surface area contributed by atoms with Crippen molar-refractivity contribution in [2.75, 3.05) is 13.2 Å². The maximum absolute atomic E-state index is 10.1. The van der Waals surface area contributed by atoms with E-state index in [2.05, 4.69) is 0 Å². The van der Waals surface area contributed by atoms with Crippen LogP contribution in [0.2, 0.25) is 0 Å². The van der Waals surface area contributed by atoms with E-state index in [1.165, 1.54) is 0 Å². The van der Waals surface area contributed by atoms with E-state index in [0.29, 0.717) is 25.2 Å². The molecule has 1 unspecified atom stereocenters. The second-order valence-electron chi connectivity index (χ2n) is 4.62. The quantitative estimate of drug-likeness (QED) is 0.735. The molecule has 0 aromatic carbocycles. The number of ether oxygens (including phenoxy) is 1. The molecule has 0 bridgehead atoms. The standard InChI is InChI=1S/C12H24O3/c1-3-12(14,4-2)11(13)9-10-5-7-15-8-6-10/h10-11,13-14H,3-9H2,1-2H3. The summed E-state index contributed by atoms with van der Waals surface area (Å²) in [5.41, 5.74) is -0.891. The first-order chi connectivity index (χ1) is 7.12. The molecule has 1 heterocycles. The maximum atomic E-state index is 10.1. The first-order valence-electron chi connectivity index (χ1n) is 6.10. The number of hydrogen-bond donors (Lipinski definition) is 2. The summed E-state index contributed by atoms with van der Waals surface area (Å²) in [6.45, 7) is 5.45. The zero-order chi connectivity index (χ0) is 11.3. The Labute approximate surface area is 92.4 Å². The molecule has 2 N–H and O–H groups in total. The molecular formula is C12H24O3. The molecule has 3 heteroatoms. The third-order valence-electron chi connectivity index (χ3n) is 3.74. The molecule has 0 spiro atoms. The first-order valence-corrected chi connectivity index (χ1v) is 6.10. The lowest BCUT2D eigenvalue weighted by Gasteiger charge is -2.34. The van der Waals surface area contributed by atoms with Crippen LogP contribution >= 0.6 is 0 Å². The summed E-state index contributed by atoms with van der Waals surface area (Å²) in [6, 6.07) is 0. The van der Waals surface area contributed by atoms with Crippen molar-refractivity contribution in [3.05, 3.63) is 0 Å². The molecule has 0 aromatic rings. The van der Waals surface area contributed by atoms with Crippen LogP contribution in [0.5, 0.6) is 0 Å². The van der Waals surface area contributed by atoms with E-state index in [1.807, 2.05) is 13.8 Å². The van der Waals surface area contributed by atoms with Crippen LogP contribution in [0.15, 0.2) is 0 Å². The molecule has 90 valence electrons. The molecular weight excluding hydrogens is 192 g/mol. The van der Waals surface area contributed by atoms with Crippen LogP contribution in [0.4, 0.5) is 0 Å². The summed E-state index contributed by atoms with van der Waals surface area (Å²) in [4.78, 5) is 0. The average Bonchev–Trinajstić information content (AvgIpc) is 2.29. The third-order valence-corrected chi connectivity index (χ3v) is 3.74. The van der Waals surface area contributed by atoms with E-state index in [1.54, 1.807) is 0 Å². The van der Waals surface area contributed by atoms with Crippen LogP contribution in [0.1, 0.15) is 46.0 Å². The zero-order valence-corrected chi connectivity index (χ0v) is 9.91. The predicted molar refractivity (Wildman–Crippen MR) is 59.7 cm³/mol. The van der Waals surface area contributed by atoms with Crippen LogP contribution in [0, 0.1) is 5.92 Å². The Balaban J connectivity index is 2.41. The van der Waals surface area contributed by atoms with E-state index in [9.17, 15) is 10.2 Å². The Kier molecular flexibility index (Phi) is 5.03. The average molecular weight is 216 g/mol. The molecule has 0 saturated carbocycles. The fraction of sp³-hybridized carbons (Fsp3) is 1.00. The van der Waals surface area contributed by atoms with Crippen LogP contribution in [-0.2, 0) is 4.74 Å². The zero-order valence-electron chi connectivity index (χ0n) is 9.91. The SMILES string of the molecule is CCC(O)(CC)C(O)CC1CCOCC1. The Bertz CT molecular complexity index is 172. The van der Waals surface area contributed by atoms with E-state index in [4.69, 9.17) is 4.74 Å². The minimum absolute atomic E-state index is 0.512. The number of aliphatic hydroxyl groups excluding tert-OH is 1. The second kappa shape index (κ2) is 5.83. The van der Waals surface area contributed by atoms with Crippen molar-refractivity contribution in [2.45, 2.75) is 57.7 Å². The highest BCUT2D eigenvalue weighted by Crippen LogP contribution is 2.28. The van der Waals surface area contributed by atoms with Crippen molar-refractivity contribution in [3.8, 4) is 0 Å². The van der Waals surface area contributed by atoms with Crippen molar-refractivity contribution in [1.29, 1.82) is 0 Å². The van der Waals surface area contributed by atoms with Gasteiger partial charge in [0.1, 0.15) is 0 Å². The lowest BCUT2D eigenvalue weighted by Crippen LogP contribution is -2.42. The van der Waals surface area contributed by atoms with Crippen molar-refractivity contribution >= 4 is 0 Å². The lowest BCUT2D eigenvalue weighted by molar-refractivity contribution is -0.0935. The van der Waals surface area contributed by atoms with Gasteiger partial charge in [-0.3, -0.25) is 0 Å². The van der Waals surface area contributed by atoms with Gasteiger partial charge in [-0.2, -0.15) is 0 Å². The molecule has 0 radical (unpaired) electrons. The largest absolute Gasteiger partial charge is 0.390 e. The van der Waals surface area contributed by atoms with Gasteiger partial charge in [-0.25, -0.2) is 0 Å². The fourth-order valence-corrected chi connectivity index (χ4v) is 2.24. The topological polar surface area (TPSA) is 49.7 Å². The lowest BCUT2D eigenvalue weighted by atomic mass is 9.83. The molecule has 1 atom stereocenters. The summed E-state index contributed by atoms with van der Waals surface area (Å²) < 4.78 is 5.28. The fourth-order valence-electron chi connectivity index (χ4n) is 2.24. The highest BCUT2D eigenvalue weighted by atomic mass is 16.5. The molecule has 1 rings (SSSR count). The molecule has 3 nitrogen and oxygen atoms in total. The van der Waals surface area contributed by atoms with Gasteiger partial charge in [-0.1, -0.05) is 13.8 Å². The smallest absolute Gasteiger partial charge is 0.0900 e. The molecule has 0 aromatic heterocycles. The summed E-state index contributed by atoms with van der Waals surface area (Å²) in [5.74, 6) is 0.512. The van der Waals surface area contributed by atoms with Gasteiger partial charge >= 0.3 is 0 Å². The summed E-state index contributed by atoms with van der Waals surface area (Å²) >= 11 is 0. The van der Waals surface area contributed by atoms with Gasteiger partial charge in [0.25, 0.3) is 0 Å². The molecule has 0 amide bonds. The number of aliphatic hydroxyl groups is 2. The molecule has 1 aliphatic heterocycles. The highest BCUT2D eigenvalue weighted by Gasteiger charge is 2.33. The molecule has 1 aliphatic rings. The maximum Gasteiger partial charge on any atom is 0.0900 e. The Morgan fingerprint density at radius 2 is 1.80 bits per heavy atom. The summed E-state index contributed by atoms with van der Waals surface area (Å²) in [6.07, 6.45) is 3.39. The van der Waals surface area contributed by atoms with Crippen molar-refractivity contribution in [2.24, 2.45) is 5.92 Å². The predicted octanol–water partition coefficient (Wildman–Crippen LogP) is 1.72. The Morgan fingerprint density at radius 1 is 1.27 bits per heavy atom. The van der Waals surface area contributed by atoms with Crippen LogP contribution in [0.3, 0.4) is 0 Å². The highest BCUT2D eigenvalue weighted by molar-refractivity contribution is 4.85. The molecule has 0 aliphatic carbocycles. The van der Waals surface area contributed by atoms with Gasteiger partial charge in [-0.05, 0) is 38.0 Å². The normalized spacial score (nSPS) is 21.6. The van der Waals surface area contributed by atoms with Gasteiger partial charge in [0, 0.05) is 13.2 Å². The van der Waals surface area contributed by atoms with Gasteiger partial charge in [-0.15, -0.1) is 0 Å². The third kappa shape index (κ3) is 3.44. The van der Waals surface area contributed by atoms with Gasteiger partial charge in [0.2, 0.25) is 0 Å². The Morgan fingerprint density at radius 3 is 2.27 bits per heavy atom. The Hall–Kier alpha value is -0.120. The van der Waals surface area contributed by atoms with E-state index >= 15 is 0 Å². The minimum Gasteiger partial charge on any atom is -0.390 e. The van der Waals surface area contributed by atoms with Gasteiger partial charge in [0.05, 0.1) is 11.7 Å². The van der Waals surface area contributed by atoms with Crippen molar-refractivity contribution in [1.82, 2.24) is 0 Å². The van der Waals surface area contributed by atoms with Crippen molar-refractivity contribution < 1.29 is 14.9 Å². The number of hydrogen-bond acceptors (Lipinski definition) is 3. The summed E-state index contributed by atoms with van der Waals surface area (Å²) in [7, 11) is 0. The van der Waals surface area contributed by atoms with Gasteiger partial charge in [0.15, 0.2) is 0 Å². The van der Waals surface area contributed by atoms with Gasteiger partial charge < -0.3 is 14.9 Å². The first kappa shape index (κ1) is 12.9. The van der Waals surface area contributed by atoms with Crippen LogP contribution in [0.25, 0.3) is 0 Å². The molecule has 15 heavy (non-hydrogen) atoms.